The fourth-order valence-corrected chi connectivity index (χ4v) is 2.75. The number of aromatic nitrogens is 5. The fourth-order valence-electron chi connectivity index (χ4n) is 2.22. The largest absolute Gasteiger partial charge is 0.389 e. The minimum Gasteiger partial charge on any atom is -0.389 e. The van der Waals surface area contributed by atoms with Crippen LogP contribution in [-0.4, -0.2) is 34.9 Å². The standard InChI is InChI=1S/C14H13BrN6O/c1-14(2,22)7-20-8-18-13(15)12(20)10-3-4-11-17-6-9(5-16)21(11)19-10/h3-4,6,8,22H,7H2,1-2H3. The highest BCUT2D eigenvalue weighted by atomic mass is 79.9. The normalized spacial score (nSPS) is 11.8. The molecule has 0 aliphatic carbocycles. The predicted molar refractivity (Wildman–Crippen MR) is 82.9 cm³/mol. The Morgan fingerprint density at radius 3 is 2.82 bits per heavy atom. The first-order valence-corrected chi connectivity index (χ1v) is 7.36. The van der Waals surface area contributed by atoms with Crippen LogP contribution in [0.3, 0.4) is 0 Å². The van der Waals surface area contributed by atoms with Crippen molar-refractivity contribution < 1.29 is 5.11 Å². The third-order valence-corrected chi connectivity index (χ3v) is 3.65. The molecule has 7 nitrogen and oxygen atoms in total. The Hall–Kier alpha value is -2.24. The van der Waals surface area contributed by atoms with E-state index in [1.54, 1.807) is 26.2 Å². The van der Waals surface area contributed by atoms with Gasteiger partial charge in [-0.3, -0.25) is 0 Å². The second-order valence-electron chi connectivity index (χ2n) is 5.57. The molecule has 0 amide bonds. The Kier molecular flexibility index (Phi) is 3.47. The van der Waals surface area contributed by atoms with Crippen LogP contribution < -0.4 is 0 Å². The van der Waals surface area contributed by atoms with Crippen LogP contribution in [0.2, 0.25) is 0 Å². The molecule has 0 spiro atoms. The van der Waals surface area contributed by atoms with Crippen molar-refractivity contribution in [1.82, 2.24) is 24.1 Å². The fraction of sp³-hybridized carbons (Fsp3) is 0.286. The lowest BCUT2D eigenvalue weighted by Gasteiger charge is -2.19. The molecule has 0 aliphatic heterocycles. The van der Waals surface area contributed by atoms with Crippen molar-refractivity contribution >= 4 is 21.6 Å². The number of imidazole rings is 2. The number of hydrogen-bond acceptors (Lipinski definition) is 5. The lowest BCUT2D eigenvalue weighted by molar-refractivity contribution is 0.0619. The lowest BCUT2D eigenvalue weighted by atomic mass is 10.1. The van der Waals surface area contributed by atoms with Gasteiger partial charge in [0.15, 0.2) is 11.3 Å². The van der Waals surface area contributed by atoms with Crippen molar-refractivity contribution in [3.8, 4) is 17.5 Å². The van der Waals surface area contributed by atoms with Gasteiger partial charge < -0.3 is 9.67 Å². The van der Waals surface area contributed by atoms with Gasteiger partial charge in [0.1, 0.15) is 22.1 Å². The number of halogens is 1. The molecule has 0 fully saturated rings. The summed E-state index contributed by atoms with van der Waals surface area (Å²) in [6, 6.07) is 5.65. The molecule has 0 aromatic carbocycles. The predicted octanol–water partition coefficient (Wildman–Crippen LogP) is 2.00. The van der Waals surface area contributed by atoms with Crippen LogP contribution in [0.4, 0.5) is 0 Å². The van der Waals surface area contributed by atoms with Crippen molar-refractivity contribution in [2.45, 2.75) is 26.0 Å². The molecule has 0 unspecified atom stereocenters. The van der Waals surface area contributed by atoms with E-state index in [1.165, 1.54) is 10.7 Å². The van der Waals surface area contributed by atoms with Gasteiger partial charge in [-0.05, 0) is 41.9 Å². The Morgan fingerprint density at radius 1 is 1.36 bits per heavy atom. The van der Waals surface area contributed by atoms with E-state index in [-0.39, 0.29) is 0 Å². The molecule has 3 heterocycles. The Bertz CT molecular complexity index is 883. The van der Waals surface area contributed by atoms with E-state index in [0.717, 1.165) is 5.69 Å². The van der Waals surface area contributed by atoms with Gasteiger partial charge in [0.25, 0.3) is 0 Å². The highest BCUT2D eigenvalue weighted by Gasteiger charge is 2.20. The van der Waals surface area contributed by atoms with Gasteiger partial charge in [-0.25, -0.2) is 14.5 Å². The summed E-state index contributed by atoms with van der Waals surface area (Å²) in [5, 5.41) is 23.6. The first-order chi connectivity index (χ1) is 10.4. The average Bonchev–Trinajstić information content (AvgIpc) is 3.00. The number of hydrogen-bond donors (Lipinski definition) is 1. The summed E-state index contributed by atoms with van der Waals surface area (Å²) >= 11 is 3.41. The molecule has 0 saturated heterocycles. The maximum absolute atomic E-state index is 10.0. The summed E-state index contributed by atoms with van der Waals surface area (Å²) in [4.78, 5) is 8.35. The molecule has 0 bridgehead atoms. The zero-order chi connectivity index (χ0) is 15.9. The first kappa shape index (κ1) is 14.7. The van der Waals surface area contributed by atoms with Crippen LogP contribution in [0, 0.1) is 11.3 Å². The molecule has 0 aliphatic rings. The lowest BCUT2D eigenvalue weighted by Crippen LogP contribution is -2.26. The smallest absolute Gasteiger partial charge is 0.162 e. The maximum Gasteiger partial charge on any atom is 0.162 e. The number of nitrogens with zero attached hydrogens (tertiary/aromatic N) is 6. The molecule has 112 valence electrons. The summed E-state index contributed by atoms with van der Waals surface area (Å²) in [6.45, 7) is 3.83. The first-order valence-electron chi connectivity index (χ1n) is 6.57. The van der Waals surface area contributed by atoms with Gasteiger partial charge in [-0.2, -0.15) is 10.4 Å². The van der Waals surface area contributed by atoms with Crippen LogP contribution in [0.5, 0.6) is 0 Å². The summed E-state index contributed by atoms with van der Waals surface area (Å²) in [5.74, 6) is 0. The zero-order valence-corrected chi connectivity index (χ0v) is 13.6. The number of fused-ring (bicyclic) bond motifs is 1. The van der Waals surface area contributed by atoms with E-state index >= 15 is 0 Å². The van der Waals surface area contributed by atoms with E-state index in [9.17, 15) is 5.11 Å². The molecule has 8 heteroatoms. The SMILES string of the molecule is CC(C)(O)Cn1cnc(Br)c1-c1ccc2ncc(C#N)n2n1. The second kappa shape index (κ2) is 5.19. The van der Waals surface area contributed by atoms with E-state index in [4.69, 9.17) is 5.26 Å². The molecule has 22 heavy (non-hydrogen) atoms. The number of aliphatic hydroxyl groups is 1. The molecule has 3 aromatic rings. The Labute approximate surface area is 135 Å². The number of nitriles is 1. The van der Waals surface area contributed by atoms with Crippen molar-refractivity contribution in [2.24, 2.45) is 0 Å². The van der Waals surface area contributed by atoms with Crippen LogP contribution in [0.15, 0.2) is 29.3 Å². The minimum atomic E-state index is -0.883. The summed E-state index contributed by atoms with van der Waals surface area (Å²) in [7, 11) is 0. The van der Waals surface area contributed by atoms with Gasteiger partial charge in [0.2, 0.25) is 0 Å². The molecule has 3 rings (SSSR count). The van der Waals surface area contributed by atoms with Crippen LogP contribution in [0.25, 0.3) is 17.0 Å². The van der Waals surface area contributed by atoms with Crippen molar-refractivity contribution in [3.63, 3.8) is 0 Å². The van der Waals surface area contributed by atoms with Crippen LogP contribution in [0.1, 0.15) is 19.5 Å². The topological polar surface area (TPSA) is 92.0 Å². The van der Waals surface area contributed by atoms with E-state index in [1.807, 2.05) is 10.6 Å². The van der Waals surface area contributed by atoms with Crippen molar-refractivity contribution in [1.29, 1.82) is 5.26 Å². The van der Waals surface area contributed by atoms with Crippen LogP contribution in [-0.2, 0) is 6.54 Å². The minimum absolute atomic E-state index is 0.363. The van der Waals surface area contributed by atoms with Gasteiger partial charge in [-0.15, -0.1) is 0 Å². The monoisotopic (exact) mass is 360 g/mol. The van der Waals surface area contributed by atoms with E-state index in [2.05, 4.69) is 37.1 Å². The molecule has 1 N–H and O–H groups in total. The summed E-state index contributed by atoms with van der Waals surface area (Å²) < 4.78 is 3.94. The molecule has 3 aromatic heterocycles. The van der Waals surface area contributed by atoms with Crippen molar-refractivity contribution in [3.05, 3.63) is 35.0 Å². The maximum atomic E-state index is 10.0. The summed E-state index contributed by atoms with van der Waals surface area (Å²) in [5.41, 5.74) is 1.45. The third kappa shape index (κ3) is 2.61. The van der Waals surface area contributed by atoms with Gasteiger partial charge in [0.05, 0.1) is 24.7 Å². The molecule has 0 saturated carbocycles. The van der Waals surface area contributed by atoms with Crippen LogP contribution >= 0.6 is 15.9 Å². The molecular formula is C14H13BrN6O. The van der Waals surface area contributed by atoms with Gasteiger partial charge in [0, 0.05) is 0 Å². The van der Waals surface area contributed by atoms with Crippen molar-refractivity contribution in [2.75, 3.05) is 0 Å². The zero-order valence-electron chi connectivity index (χ0n) is 12.0. The van der Waals surface area contributed by atoms with E-state index < -0.39 is 5.60 Å². The quantitative estimate of drug-likeness (QED) is 0.770. The highest BCUT2D eigenvalue weighted by Crippen LogP contribution is 2.27. The highest BCUT2D eigenvalue weighted by molar-refractivity contribution is 9.10. The third-order valence-electron chi connectivity index (χ3n) is 3.07. The molecule has 0 atom stereocenters. The second-order valence-corrected chi connectivity index (χ2v) is 6.32. The van der Waals surface area contributed by atoms with Gasteiger partial charge >= 0.3 is 0 Å². The Balaban J connectivity index is 2.15. The average molecular weight is 361 g/mol. The number of rotatable bonds is 3. The molecule has 0 radical (unpaired) electrons. The van der Waals surface area contributed by atoms with E-state index in [0.29, 0.717) is 28.2 Å². The van der Waals surface area contributed by atoms with Gasteiger partial charge in [-0.1, -0.05) is 0 Å². The molecular weight excluding hydrogens is 348 g/mol. The summed E-state index contributed by atoms with van der Waals surface area (Å²) in [6.07, 6.45) is 3.12. The Morgan fingerprint density at radius 2 is 2.14 bits per heavy atom.